The average Bonchev–Trinajstić information content (AvgIpc) is 3.31. The van der Waals surface area contributed by atoms with Gasteiger partial charge in [0.25, 0.3) is 0 Å². The second kappa shape index (κ2) is 6.41. The molecule has 5 nitrogen and oxygen atoms in total. The minimum Gasteiger partial charge on any atom is -0.495 e. The van der Waals surface area contributed by atoms with Crippen LogP contribution in [0, 0.1) is 6.92 Å². The van der Waals surface area contributed by atoms with Crippen molar-refractivity contribution in [3.05, 3.63) is 54.0 Å². The zero-order valence-electron chi connectivity index (χ0n) is 14.5. The summed E-state index contributed by atoms with van der Waals surface area (Å²) in [5, 5.41) is 0. The van der Waals surface area contributed by atoms with E-state index in [1.807, 2.05) is 48.2 Å². The van der Waals surface area contributed by atoms with Gasteiger partial charge in [-0.15, -0.1) is 0 Å². The predicted octanol–water partition coefficient (Wildman–Crippen LogP) is 3.10. The van der Waals surface area contributed by atoms with Crippen molar-refractivity contribution >= 4 is 17.7 Å². The molecule has 0 aliphatic carbocycles. The molecule has 2 aromatic rings. The van der Waals surface area contributed by atoms with Gasteiger partial charge in [0, 0.05) is 13.1 Å². The Morgan fingerprint density at radius 2 is 2.24 bits per heavy atom. The van der Waals surface area contributed by atoms with Gasteiger partial charge in [-0.1, -0.05) is 12.1 Å². The Morgan fingerprint density at radius 1 is 1.36 bits per heavy atom. The molecule has 25 heavy (non-hydrogen) atoms. The first-order valence-corrected chi connectivity index (χ1v) is 8.59. The molecule has 5 heteroatoms. The largest absolute Gasteiger partial charge is 0.495 e. The first-order chi connectivity index (χ1) is 12.2. The molecular weight excluding hydrogens is 316 g/mol. The Balaban J connectivity index is 1.49. The zero-order chi connectivity index (χ0) is 17.4. The summed E-state index contributed by atoms with van der Waals surface area (Å²) in [5.41, 5.74) is 2.02. The van der Waals surface area contributed by atoms with Crippen LogP contribution in [0.15, 0.2) is 47.1 Å². The first-order valence-electron chi connectivity index (χ1n) is 8.59. The van der Waals surface area contributed by atoms with Crippen molar-refractivity contribution in [2.75, 3.05) is 25.1 Å². The number of nitrogens with zero attached hydrogens (tertiary/aromatic N) is 2. The molecule has 2 saturated heterocycles. The van der Waals surface area contributed by atoms with Crippen molar-refractivity contribution in [1.82, 2.24) is 4.90 Å². The number of fused-ring (bicyclic) bond motifs is 2. The van der Waals surface area contributed by atoms with Crippen LogP contribution in [-0.2, 0) is 4.79 Å². The van der Waals surface area contributed by atoms with E-state index in [-0.39, 0.29) is 18.0 Å². The van der Waals surface area contributed by atoms with E-state index in [0.717, 1.165) is 42.3 Å². The number of carbonyl (C=O) groups excluding carboxylic acids is 1. The molecule has 2 fully saturated rings. The molecule has 4 rings (SSSR count). The third-order valence-electron chi connectivity index (χ3n) is 5.03. The Kier molecular flexibility index (Phi) is 4.09. The molecule has 2 aliphatic heterocycles. The molecular formula is C20H22N2O3. The van der Waals surface area contributed by atoms with Gasteiger partial charge in [0.2, 0.25) is 5.91 Å². The summed E-state index contributed by atoms with van der Waals surface area (Å²) in [4.78, 5) is 17.1. The minimum absolute atomic E-state index is 0.0449. The van der Waals surface area contributed by atoms with Crippen LogP contribution in [0.2, 0.25) is 0 Å². The fourth-order valence-corrected chi connectivity index (χ4v) is 3.86. The molecule has 3 heterocycles. The maximum absolute atomic E-state index is 12.9. The molecule has 1 amide bonds. The number of carbonyl (C=O) groups is 1. The highest BCUT2D eigenvalue weighted by Crippen LogP contribution is 2.40. The summed E-state index contributed by atoms with van der Waals surface area (Å²) in [6.45, 7) is 3.68. The Hall–Kier alpha value is -2.53. The fraction of sp³-hybridized carbons (Fsp3) is 0.350. The van der Waals surface area contributed by atoms with Gasteiger partial charge in [-0.05, 0) is 49.2 Å². The van der Waals surface area contributed by atoms with E-state index in [1.165, 1.54) is 0 Å². The SMILES string of the molecule is COc1ccc(C)cc1N1C(=O)[C@@H]2C[C@H]1CN2CC=Cc1ccco1. The highest BCUT2D eigenvalue weighted by Gasteiger charge is 2.50. The van der Waals surface area contributed by atoms with Gasteiger partial charge in [0.1, 0.15) is 11.5 Å². The van der Waals surface area contributed by atoms with Gasteiger partial charge in [-0.3, -0.25) is 9.69 Å². The van der Waals surface area contributed by atoms with Crippen molar-refractivity contribution in [2.45, 2.75) is 25.4 Å². The van der Waals surface area contributed by atoms with Crippen LogP contribution in [0.5, 0.6) is 5.75 Å². The van der Waals surface area contributed by atoms with Crippen molar-refractivity contribution in [3.63, 3.8) is 0 Å². The number of aryl methyl sites for hydroxylation is 1. The Bertz CT molecular complexity index is 797. The summed E-state index contributed by atoms with van der Waals surface area (Å²) in [6, 6.07) is 9.94. The van der Waals surface area contributed by atoms with E-state index >= 15 is 0 Å². The van der Waals surface area contributed by atoms with E-state index in [1.54, 1.807) is 13.4 Å². The quantitative estimate of drug-likeness (QED) is 0.840. The van der Waals surface area contributed by atoms with Gasteiger partial charge in [-0.2, -0.15) is 0 Å². The van der Waals surface area contributed by atoms with E-state index in [4.69, 9.17) is 9.15 Å². The van der Waals surface area contributed by atoms with E-state index < -0.39 is 0 Å². The first kappa shape index (κ1) is 16.0. The minimum atomic E-state index is -0.0449. The molecule has 130 valence electrons. The molecule has 0 saturated carbocycles. The molecule has 0 unspecified atom stereocenters. The van der Waals surface area contributed by atoms with Gasteiger partial charge in [0.05, 0.1) is 31.1 Å². The summed E-state index contributed by atoms with van der Waals surface area (Å²) < 4.78 is 10.8. The van der Waals surface area contributed by atoms with Crippen LogP contribution in [0.25, 0.3) is 6.08 Å². The lowest BCUT2D eigenvalue weighted by Gasteiger charge is -2.34. The molecule has 0 radical (unpaired) electrons. The Morgan fingerprint density at radius 3 is 2.96 bits per heavy atom. The number of furan rings is 1. The van der Waals surface area contributed by atoms with Crippen molar-refractivity contribution < 1.29 is 13.9 Å². The summed E-state index contributed by atoms with van der Waals surface area (Å²) in [5.74, 6) is 1.77. The number of hydrogen-bond acceptors (Lipinski definition) is 4. The molecule has 0 N–H and O–H groups in total. The number of ether oxygens (including phenoxy) is 1. The average molecular weight is 338 g/mol. The number of hydrogen-bond donors (Lipinski definition) is 0. The van der Waals surface area contributed by atoms with Crippen molar-refractivity contribution in [2.24, 2.45) is 0 Å². The smallest absolute Gasteiger partial charge is 0.244 e. The number of likely N-dealkylation sites (tertiary alicyclic amines) is 1. The maximum atomic E-state index is 12.9. The Labute approximate surface area is 147 Å². The van der Waals surface area contributed by atoms with Gasteiger partial charge < -0.3 is 14.1 Å². The van der Waals surface area contributed by atoms with E-state index in [9.17, 15) is 4.79 Å². The zero-order valence-corrected chi connectivity index (χ0v) is 14.5. The number of amides is 1. The van der Waals surface area contributed by atoms with E-state index in [2.05, 4.69) is 11.0 Å². The molecule has 1 aromatic carbocycles. The summed E-state index contributed by atoms with van der Waals surface area (Å²) in [6.07, 6.45) is 6.56. The van der Waals surface area contributed by atoms with Crippen LogP contribution >= 0.6 is 0 Å². The van der Waals surface area contributed by atoms with Crippen LogP contribution in [0.1, 0.15) is 17.7 Å². The van der Waals surface area contributed by atoms with Crippen molar-refractivity contribution in [3.8, 4) is 5.75 Å². The fourth-order valence-electron chi connectivity index (χ4n) is 3.86. The molecule has 1 aromatic heterocycles. The molecule has 0 spiro atoms. The number of piperazine rings is 1. The van der Waals surface area contributed by atoms with E-state index in [0.29, 0.717) is 0 Å². The van der Waals surface area contributed by atoms with Crippen LogP contribution in [0.4, 0.5) is 5.69 Å². The summed E-state index contributed by atoms with van der Waals surface area (Å²) in [7, 11) is 1.65. The third kappa shape index (κ3) is 2.85. The highest BCUT2D eigenvalue weighted by molar-refractivity contribution is 6.02. The predicted molar refractivity (Wildman–Crippen MR) is 96.7 cm³/mol. The number of anilines is 1. The van der Waals surface area contributed by atoms with Gasteiger partial charge >= 0.3 is 0 Å². The third-order valence-corrected chi connectivity index (χ3v) is 5.03. The topological polar surface area (TPSA) is 45.9 Å². The summed E-state index contributed by atoms with van der Waals surface area (Å²) >= 11 is 0. The van der Waals surface area contributed by atoms with Crippen LogP contribution < -0.4 is 9.64 Å². The standard InChI is InChI=1S/C20H22N2O3/c1-14-7-8-19(24-2)17(11-14)22-15-12-18(20(22)23)21(13-15)9-3-5-16-6-4-10-25-16/h3-8,10-11,15,18H,9,12-13H2,1-2H3/t15-,18-/m0/s1. The molecule has 2 atom stereocenters. The highest BCUT2D eigenvalue weighted by atomic mass is 16.5. The molecule has 2 aliphatic rings. The monoisotopic (exact) mass is 338 g/mol. The number of benzene rings is 1. The van der Waals surface area contributed by atoms with Crippen molar-refractivity contribution in [1.29, 1.82) is 0 Å². The lowest BCUT2D eigenvalue weighted by molar-refractivity contribution is -0.122. The molecule has 2 bridgehead atoms. The lowest BCUT2D eigenvalue weighted by Crippen LogP contribution is -2.50. The van der Waals surface area contributed by atoms with Crippen LogP contribution in [-0.4, -0.2) is 43.1 Å². The second-order valence-electron chi connectivity index (χ2n) is 6.66. The van der Waals surface area contributed by atoms with Gasteiger partial charge in [-0.25, -0.2) is 0 Å². The number of methoxy groups -OCH3 is 1. The van der Waals surface area contributed by atoms with Gasteiger partial charge in [0.15, 0.2) is 0 Å². The second-order valence-corrected chi connectivity index (χ2v) is 6.66. The number of rotatable bonds is 5. The lowest BCUT2D eigenvalue weighted by atomic mass is 10.1. The normalized spacial score (nSPS) is 23.1. The maximum Gasteiger partial charge on any atom is 0.244 e. The van der Waals surface area contributed by atoms with Crippen LogP contribution in [0.3, 0.4) is 0 Å².